The molecule has 1 saturated heterocycles. The van der Waals surface area contributed by atoms with E-state index in [1.165, 1.54) is 11.3 Å². The number of benzene rings is 1. The lowest BCUT2D eigenvalue weighted by atomic mass is 9.90. The molecule has 28 heavy (non-hydrogen) atoms. The first-order valence-electron chi connectivity index (χ1n) is 8.96. The highest BCUT2D eigenvalue weighted by Crippen LogP contribution is 2.32. The third-order valence-corrected chi connectivity index (χ3v) is 6.02. The topological polar surface area (TPSA) is 119 Å². The molecular weight excluding hydrogens is 382 g/mol. The van der Waals surface area contributed by atoms with Crippen LogP contribution in [0.5, 0.6) is 0 Å². The second kappa shape index (κ2) is 7.75. The van der Waals surface area contributed by atoms with Crippen molar-refractivity contribution in [2.75, 3.05) is 11.9 Å². The molecule has 1 aliphatic carbocycles. The van der Waals surface area contributed by atoms with E-state index in [1.54, 1.807) is 12.1 Å². The summed E-state index contributed by atoms with van der Waals surface area (Å²) in [5, 5.41) is 44.4. The predicted molar refractivity (Wildman–Crippen MR) is 105 cm³/mol. The first-order chi connectivity index (χ1) is 13.5. The Balaban J connectivity index is 1.56. The highest BCUT2D eigenvalue weighted by Gasteiger charge is 2.43. The van der Waals surface area contributed by atoms with E-state index < -0.39 is 37.3 Å². The zero-order valence-electron chi connectivity index (χ0n) is 14.9. The van der Waals surface area contributed by atoms with E-state index in [2.05, 4.69) is 5.32 Å². The van der Waals surface area contributed by atoms with E-state index in [4.69, 9.17) is 9.84 Å². The number of carbonyl (C=O) groups excluding carboxylic acids is 1. The molecule has 0 radical (unpaired) electrons. The van der Waals surface area contributed by atoms with Crippen LogP contribution in [-0.4, -0.2) is 63.5 Å². The Morgan fingerprint density at radius 2 is 2.00 bits per heavy atom. The van der Waals surface area contributed by atoms with Gasteiger partial charge in [0, 0.05) is 22.6 Å². The molecular formula is C20H21NO6S. The molecule has 1 aromatic heterocycles. The van der Waals surface area contributed by atoms with Crippen LogP contribution in [-0.2, 0) is 16.0 Å². The summed E-state index contributed by atoms with van der Waals surface area (Å²) in [6.07, 6.45) is -2.98. The molecule has 2 aromatic rings. The lowest BCUT2D eigenvalue weighted by Crippen LogP contribution is -2.61. The molecule has 0 spiro atoms. The fourth-order valence-electron chi connectivity index (χ4n) is 3.58. The third kappa shape index (κ3) is 3.50. The summed E-state index contributed by atoms with van der Waals surface area (Å²) in [6.45, 7) is -0.512. The second-order valence-electron chi connectivity index (χ2n) is 6.95. The van der Waals surface area contributed by atoms with Gasteiger partial charge in [0.05, 0.1) is 6.61 Å². The molecule has 2 heterocycles. The molecule has 0 amide bonds. The van der Waals surface area contributed by atoms with Crippen molar-refractivity contribution in [2.24, 2.45) is 0 Å². The van der Waals surface area contributed by atoms with Crippen molar-refractivity contribution in [3.63, 3.8) is 0 Å². The SMILES string of the molecule is O=C1Cc2cc(NC3C(O)OC(CO)[C@@H](O)[C@@H]3O)ccc2C=C1c1cccs1. The van der Waals surface area contributed by atoms with Crippen molar-refractivity contribution in [1.82, 2.24) is 0 Å². The van der Waals surface area contributed by atoms with Gasteiger partial charge >= 0.3 is 0 Å². The number of anilines is 1. The molecule has 7 nitrogen and oxygen atoms in total. The molecule has 4 rings (SSSR count). The number of carbonyl (C=O) groups is 1. The number of allylic oxidation sites excluding steroid dienone is 1. The van der Waals surface area contributed by atoms with Crippen LogP contribution in [0.4, 0.5) is 5.69 Å². The number of hydrogen-bond acceptors (Lipinski definition) is 8. The average Bonchev–Trinajstić information content (AvgIpc) is 3.22. The van der Waals surface area contributed by atoms with E-state index >= 15 is 0 Å². The first-order valence-corrected chi connectivity index (χ1v) is 9.84. The first kappa shape index (κ1) is 19.3. The van der Waals surface area contributed by atoms with E-state index in [0.29, 0.717) is 11.3 Å². The number of ketones is 1. The standard InChI is InChI=1S/C20H21NO6S/c22-9-15-18(24)19(25)17(20(26)27-15)21-12-4-3-10-7-13(16-2-1-5-28-16)14(23)8-11(10)6-12/h1-7,15,17-22,24-26H,8-9H2/t15?,17?,18-,19-,20?/m1/s1. The molecule has 8 heteroatoms. The van der Waals surface area contributed by atoms with Gasteiger partial charge < -0.3 is 30.5 Å². The van der Waals surface area contributed by atoms with Gasteiger partial charge in [-0.1, -0.05) is 12.1 Å². The molecule has 3 unspecified atom stereocenters. The average molecular weight is 403 g/mol. The van der Waals surface area contributed by atoms with Crippen LogP contribution in [0.2, 0.25) is 0 Å². The monoisotopic (exact) mass is 403 g/mol. The van der Waals surface area contributed by atoms with Gasteiger partial charge in [0.1, 0.15) is 24.4 Å². The minimum Gasteiger partial charge on any atom is -0.394 e. The van der Waals surface area contributed by atoms with Crippen LogP contribution in [0.3, 0.4) is 0 Å². The minimum absolute atomic E-state index is 0.0365. The summed E-state index contributed by atoms with van der Waals surface area (Å²) in [6, 6.07) is 8.29. The molecule has 148 valence electrons. The van der Waals surface area contributed by atoms with Crippen molar-refractivity contribution >= 4 is 34.5 Å². The van der Waals surface area contributed by atoms with Crippen LogP contribution < -0.4 is 5.32 Å². The largest absolute Gasteiger partial charge is 0.394 e. The fourth-order valence-corrected chi connectivity index (χ4v) is 4.34. The van der Waals surface area contributed by atoms with Crippen LogP contribution >= 0.6 is 11.3 Å². The van der Waals surface area contributed by atoms with Crippen LogP contribution in [0.1, 0.15) is 16.0 Å². The smallest absolute Gasteiger partial charge is 0.178 e. The predicted octanol–water partition coefficient (Wildman–Crippen LogP) is 0.626. The Bertz CT molecular complexity index is 896. The van der Waals surface area contributed by atoms with Gasteiger partial charge in [-0.3, -0.25) is 4.79 Å². The molecule has 1 aromatic carbocycles. The maximum absolute atomic E-state index is 12.5. The Labute approximate surface area is 165 Å². The van der Waals surface area contributed by atoms with E-state index in [-0.39, 0.29) is 12.2 Å². The van der Waals surface area contributed by atoms with Gasteiger partial charge in [-0.05, 0) is 40.8 Å². The van der Waals surface area contributed by atoms with Crippen molar-refractivity contribution in [1.29, 1.82) is 0 Å². The quantitative estimate of drug-likeness (QED) is 0.508. The van der Waals surface area contributed by atoms with Crippen LogP contribution in [0, 0.1) is 0 Å². The maximum atomic E-state index is 12.5. The molecule has 0 saturated carbocycles. The Kier molecular flexibility index (Phi) is 5.33. The number of rotatable bonds is 4. The van der Waals surface area contributed by atoms with E-state index in [9.17, 15) is 20.1 Å². The van der Waals surface area contributed by atoms with E-state index in [1.807, 2.05) is 29.7 Å². The number of nitrogens with one attached hydrogen (secondary N) is 1. The third-order valence-electron chi connectivity index (χ3n) is 5.11. The number of Topliss-reactive ketones (excluding diaryl/α,β-unsaturated/α-hetero) is 1. The second-order valence-corrected chi connectivity index (χ2v) is 7.90. The highest BCUT2D eigenvalue weighted by molar-refractivity contribution is 7.11. The fraction of sp³-hybridized carbons (Fsp3) is 0.350. The summed E-state index contributed by atoms with van der Waals surface area (Å²) in [5.41, 5.74) is 3.06. The Morgan fingerprint density at radius 3 is 2.71 bits per heavy atom. The normalized spacial score (nSPS) is 29.9. The van der Waals surface area contributed by atoms with Crippen molar-refractivity contribution < 1.29 is 30.0 Å². The summed E-state index contributed by atoms with van der Waals surface area (Å²) >= 11 is 1.52. The zero-order valence-corrected chi connectivity index (χ0v) is 15.7. The summed E-state index contributed by atoms with van der Waals surface area (Å²) < 4.78 is 5.16. The zero-order chi connectivity index (χ0) is 19.8. The molecule has 1 aliphatic heterocycles. The maximum Gasteiger partial charge on any atom is 0.178 e. The Morgan fingerprint density at radius 1 is 1.18 bits per heavy atom. The number of aliphatic hydroxyl groups excluding tert-OH is 4. The van der Waals surface area contributed by atoms with Gasteiger partial charge in [-0.15, -0.1) is 11.3 Å². The molecule has 0 bridgehead atoms. The number of fused-ring (bicyclic) bond motifs is 1. The van der Waals surface area contributed by atoms with Gasteiger partial charge in [0.15, 0.2) is 12.1 Å². The van der Waals surface area contributed by atoms with Gasteiger partial charge in [-0.25, -0.2) is 0 Å². The minimum atomic E-state index is -1.40. The lowest BCUT2D eigenvalue weighted by Gasteiger charge is -2.40. The van der Waals surface area contributed by atoms with E-state index in [0.717, 1.165) is 16.0 Å². The molecule has 5 atom stereocenters. The van der Waals surface area contributed by atoms with Crippen molar-refractivity contribution in [3.8, 4) is 0 Å². The molecule has 5 N–H and O–H groups in total. The van der Waals surface area contributed by atoms with Crippen molar-refractivity contribution in [3.05, 3.63) is 51.7 Å². The summed E-state index contributed by atoms with van der Waals surface area (Å²) in [4.78, 5) is 13.5. The molecule has 2 aliphatic rings. The van der Waals surface area contributed by atoms with Crippen LogP contribution in [0.25, 0.3) is 11.6 Å². The highest BCUT2D eigenvalue weighted by atomic mass is 32.1. The summed E-state index contributed by atoms with van der Waals surface area (Å²) in [5.74, 6) is 0.0365. The lowest BCUT2D eigenvalue weighted by molar-refractivity contribution is -0.245. The van der Waals surface area contributed by atoms with Gasteiger partial charge in [0.2, 0.25) is 0 Å². The number of thiophene rings is 1. The van der Waals surface area contributed by atoms with Gasteiger partial charge in [0.25, 0.3) is 0 Å². The number of hydrogen-bond donors (Lipinski definition) is 5. The summed E-state index contributed by atoms with van der Waals surface area (Å²) in [7, 11) is 0. The number of aliphatic hydroxyl groups is 4. The van der Waals surface area contributed by atoms with Gasteiger partial charge in [-0.2, -0.15) is 0 Å². The van der Waals surface area contributed by atoms with Crippen molar-refractivity contribution in [2.45, 2.75) is 37.1 Å². The molecule has 1 fully saturated rings. The Hall–Kier alpha value is -2.07. The number of ether oxygens (including phenoxy) is 1. The van der Waals surface area contributed by atoms with Crippen LogP contribution in [0.15, 0.2) is 35.7 Å².